The van der Waals surface area contributed by atoms with Crippen molar-refractivity contribution in [3.05, 3.63) is 89.5 Å². The molecule has 24 heavy (non-hydrogen) atoms. The van der Waals surface area contributed by atoms with Crippen molar-refractivity contribution < 1.29 is 8.78 Å². The molecule has 3 heteroatoms. The predicted octanol–water partition coefficient (Wildman–Crippen LogP) is 6.49. The Morgan fingerprint density at radius 2 is 1.75 bits per heavy atom. The van der Waals surface area contributed by atoms with Gasteiger partial charge in [-0.15, -0.1) is 9.24 Å². The van der Waals surface area contributed by atoms with E-state index in [0.29, 0.717) is 17.6 Å². The summed E-state index contributed by atoms with van der Waals surface area (Å²) in [5, 5.41) is 0.827. The van der Waals surface area contributed by atoms with Gasteiger partial charge in [0, 0.05) is 5.56 Å². The summed E-state index contributed by atoms with van der Waals surface area (Å²) in [5.41, 5.74) is 4.19. The van der Waals surface area contributed by atoms with Crippen LogP contribution in [0.15, 0.2) is 72.6 Å². The maximum Gasteiger partial charge on any atom is 0.131 e. The van der Waals surface area contributed by atoms with Crippen LogP contribution in [0.1, 0.15) is 17.5 Å². The average Bonchev–Trinajstić information content (AvgIpc) is 2.57. The normalized spacial score (nSPS) is 12.3. The Kier molecular flexibility index (Phi) is 6.63. The molecular formula is C21H21F2P. The van der Waals surface area contributed by atoms with Gasteiger partial charge in [0.15, 0.2) is 0 Å². The molecule has 2 rings (SSSR count). The summed E-state index contributed by atoms with van der Waals surface area (Å²) in [7, 11) is 2.49. The van der Waals surface area contributed by atoms with Crippen LogP contribution >= 0.6 is 9.24 Å². The summed E-state index contributed by atoms with van der Waals surface area (Å²) in [6, 6.07) is 13.2. The number of halogens is 2. The molecule has 0 saturated carbocycles. The van der Waals surface area contributed by atoms with Crippen molar-refractivity contribution in [3.8, 4) is 11.1 Å². The Morgan fingerprint density at radius 3 is 2.33 bits per heavy atom. The topological polar surface area (TPSA) is 0 Å². The summed E-state index contributed by atoms with van der Waals surface area (Å²) in [6.45, 7) is 5.27. The number of rotatable bonds is 6. The zero-order valence-electron chi connectivity index (χ0n) is 13.7. The first-order chi connectivity index (χ1) is 11.5. The fourth-order valence-electron chi connectivity index (χ4n) is 2.39. The van der Waals surface area contributed by atoms with Crippen molar-refractivity contribution >= 4 is 14.8 Å². The smallest absolute Gasteiger partial charge is 0.131 e. The molecule has 2 aromatic carbocycles. The van der Waals surface area contributed by atoms with Crippen LogP contribution in [0.25, 0.3) is 16.7 Å². The number of aryl methyl sites for hydroxylation is 1. The largest absolute Gasteiger partial charge is 0.247 e. The molecule has 0 bridgehead atoms. The third-order valence-electron chi connectivity index (χ3n) is 3.78. The summed E-state index contributed by atoms with van der Waals surface area (Å²) < 4.78 is 26.8. The summed E-state index contributed by atoms with van der Waals surface area (Å²) in [4.78, 5) is 0. The molecule has 2 aromatic rings. The van der Waals surface area contributed by atoms with Gasteiger partial charge in [0.25, 0.3) is 0 Å². The van der Waals surface area contributed by atoms with E-state index in [2.05, 4.69) is 15.8 Å². The van der Waals surface area contributed by atoms with Crippen molar-refractivity contribution in [2.45, 2.75) is 13.3 Å². The zero-order valence-corrected chi connectivity index (χ0v) is 14.9. The van der Waals surface area contributed by atoms with E-state index in [0.717, 1.165) is 16.4 Å². The molecule has 124 valence electrons. The third kappa shape index (κ3) is 4.72. The highest BCUT2D eigenvalue weighted by Crippen LogP contribution is 2.27. The van der Waals surface area contributed by atoms with Gasteiger partial charge in [0.2, 0.25) is 0 Å². The Balaban J connectivity index is 2.30. The van der Waals surface area contributed by atoms with Gasteiger partial charge in [-0.1, -0.05) is 66.8 Å². The number of benzene rings is 2. The Labute approximate surface area is 144 Å². The molecule has 0 radical (unpaired) electrons. The average molecular weight is 342 g/mol. The SMILES string of the molecule is C=C/C(=C\C/C(P)=C\CF)c1ccc(-c2ccc(C)cc2)cc1F. The molecule has 0 saturated heterocycles. The van der Waals surface area contributed by atoms with Gasteiger partial charge in [-0.05, 0) is 41.4 Å². The van der Waals surface area contributed by atoms with Gasteiger partial charge in [-0.2, -0.15) is 0 Å². The minimum atomic E-state index is -0.504. The lowest BCUT2D eigenvalue weighted by Crippen LogP contribution is -1.90. The van der Waals surface area contributed by atoms with E-state index in [9.17, 15) is 8.78 Å². The van der Waals surface area contributed by atoms with Gasteiger partial charge in [-0.3, -0.25) is 0 Å². The van der Waals surface area contributed by atoms with Crippen LogP contribution in [0, 0.1) is 12.7 Å². The monoisotopic (exact) mass is 342 g/mol. The van der Waals surface area contributed by atoms with Crippen molar-refractivity contribution in [2.75, 3.05) is 6.67 Å². The van der Waals surface area contributed by atoms with E-state index in [1.54, 1.807) is 12.1 Å². The molecule has 0 aliphatic heterocycles. The lowest BCUT2D eigenvalue weighted by molar-refractivity contribution is 0.560. The third-order valence-corrected chi connectivity index (χ3v) is 4.25. The molecule has 0 nitrogen and oxygen atoms in total. The van der Waals surface area contributed by atoms with Crippen LogP contribution in [0.5, 0.6) is 0 Å². The van der Waals surface area contributed by atoms with Crippen molar-refractivity contribution in [3.63, 3.8) is 0 Å². The maximum absolute atomic E-state index is 14.6. The van der Waals surface area contributed by atoms with Crippen molar-refractivity contribution in [2.24, 2.45) is 0 Å². The second-order valence-electron chi connectivity index (χ2n) is 5.56. The highest BCUT2D eigenvalue weighted by Gasteiger charge is 2.08. The second kappa shape index (κ2) is 8.70. The predicted molar refractivity (Wildman–Crippen MR) is 103 cm³/mol. The molecule has 1 atom stereocenters. The molecule has 0 amide bonds. The van der Waals surface area contributed by atoms with E-state index in [-0.39, 0.29) is 5.82 Å². The van der Waals surface area contributed by atoms with Crippen molar-refractivity contribution in [1.29, 1.82) is 0 Å². The molecule has 0 heterocycles. The van der Waals surface area contributed by atoms with Crippen LogP contribution in [0.2, 0.25) is 0 Å². The molecule has 0 N–H and O–H groups in total. The Morgan fingerprint density at radius 1 is 1.08 bits per heavy atom. The molecule has 1 unspecified atom stereocenters. The fraction of sp³-hybridized carbons (Fsp3) is 0.143. The van der Waals surface area contributed by atoms with E-state index < -0.39 is 6.67 Å². The highest BCUT2D eigenvalue weighted by atomic mass is 31.0. The maximum atomic E-state index is 14.6. The molecule has 0 aliphatic carbocycles. The lowest BCUT2D eigenvalue weighted by Gasteiger charge is -2.08. The number of alkyl halides is 1. The standard InChI is InChI=1S/C21H21F2P/c1-3-16(8-10-19(24)12-13-22)20-11-9-18(14-21(20)23)17-6-4-15(2)5-7-17/h3-9,11-12,14H,1,10,13,24H2,2H3/b16-8+,19-12+. The Hall–Kier alpha value is -2.05. The van der Waals surface area contributed by atoms with Gasteiger partial charge >= 0.3 is 0 Å². The van der Waals surface area contributed by atoms with Crippen LogP contribution in [-0.4, -0.2) is 6.67 Å². The summed E-state index contributed by atoms with van der Waals surface area (Å²) in [5.74, 6) is -0.293. The summed E-state index contributed by atoms with van der Waals surface area (Å²) in [6.07, 6.45) is 5.50. The first-order valence-electron chi connectivity index (χ1n) is 7.75. The van der Waals surface area contributed by atoms with Gasteiger partial charge in [-0.25, -0.2) is 8.78 Å². The molecule has 0 fully saturated rings. The highest BCUT2D eigenvalue weighted by molar-refractivity contribution is 7.22. The van der Waals surface area contributed by atoms with Gasteiger partial charge in [0.05, 0.1) is 0 Å². The Bertz CT molecular complexity index is 771. The minimum absolute atomic E-state index is 0.293. The summed E-state index contributed by atoms with van der Waals surface area (Å²) >= 11 is 0. The van der Waals surface area contributed by atoms with Crippen LogP contribution in [-0.2, 0) is 0 Å². The number of allylic oxidation sites excluding steroid dienone is 5. The van der Waals surface area contributed by atoms with E-state index in [1.807, 2.05) is 43.3 Å². The van der Waals surface area contributed by atoms with Crippen LogP contribution in [0.4, 0.5) is 8.78 Å². The molecule has 0 spiro atoms. The van der Waals surface area contributed by atoms with E-state index >= 15 is 0 Å². The molecule has 0 aromatic heterocycles. The van der Waals surface area contributed by atoms with E-state index in [4.69, 9.17) is 0 Å². The minimum Gasteiger partial charge on any atom is -0.247 e. The second-order valence-corrected chi connectivity index (χ2v) is 6.30. The first kappa shape index (κ1) is 18.3. The quantitative estimate of drug-likeness (QED) is 0.416. The van der Waals surface area contributed by atoms with Gasteiger partial charge < -0.3 is 0 Å². The lowest BCUT2D eigenvalue weighted by atomic mass is 9.98. The fourth-order valence-corrected chi connectivity index (χ4v) is 2.60. The number of hydrogen-bond acceptors (Lipinski definition) is 0. The van der Waals surface area contributed by atoms with Crippen molar-refractivity contribution in [1.82, 2.24) is 0 Å². The molecular weight excluding hydrogens is 321 g/mol. The number of hydrogen-bond donors (Lipinski definition) is 0. The zero-order chi connectivity index (χ0) is 17.5. The van der Waals surface area contributed by atoms with E-state index in [1.165, 1.54) is 17.7 Å². The first-order valence-corrected chi connectivity index (χ1v) is 8.33. The van der Waals surface area contributed by atoms with Gasteiger partial charge in [0.1, 0.15) is 12.5 Å². The van der Waals surface area contributed by atoms with Crippen LogP contribution < -0.4 is 0 Å². The van der Waals surface area contributed by atoms with Crippen LogP contribution in [0.3, 0.4) is 0 Å². The molecule has 0 aliphatic rings.